The number of ether oxygens (including phenoxy) is 1. The van der Waals surface area contributed by atoms with E-state index in [1.807, 2.05) is 17.8 Å². The lowest BCUT2D eigenvalue weighted by molar-refractivity contribution is 0.404. The number of thioether (sulfide) groups is 1. The Hall–Kier alpha value is -0.870. The molecule has 0 spiro atoms. The van der Waals surface area contributed by atoms with Crippen molar-refractivity contribution < 1.29 is 9.84 Å². The fourth-order valence-corrected chi connectivity index (χ4v) is 3.12. The molecule has 0 aliphatic rings. The molecule has 1 rings (SSSR count). The summed E-state index contributed by atoms with van der Waals surface area (Å²) in [6, 6.07) is 5.45. The van der Waals surface area contributed by atoms with E-state index in [0.29, 0.717) is 5.75 Å². The molecule has 0 aliphatic heterocycles. The van der Waals surface area contributed by atoms with Crippen LogP contribution in [0.1, 0.15) is 45.2 Å². The van der Waals surface area contributed by atoms with Gasteiger partial charge in [-0.2, -0.15) is 11.8 Å². The molecule has 0 aromatic heterocycles. The van der Waals surface area contributed by atoms with Crippen molar-refractivity contribution >= 4 is 11.8 Å². The van der Waals surface area contributed by atoms with E-state index in [1.165, 1.54) is 0 Å². The molecular weight excluding hydrogens is 270 g/mol. The molecule has 0 aliphatic carbocycles. The molecule has 114 valence electrons. The number of methoxy groups -OCH3 is 1. The van der Waals surface area contributed by atoms with Crippen molar-refractivity contribution in [2.24, 2.45) is 0 Å². The van der Waals surface area contributed by atoms with Gasteiger partial charge < -0.3 is 15.2 Å². The SMILES string of the molecule is CCC(CC)(CNC(C)c1cc(OC)ccc1O)SC. The number of nitrogens with one attached hydrogen (secondary N) is 1. The van der Waals surface area contributed by atoms with Gasteiger partial charge in [0.2, 0.25) is 0 Å². The number of benzene rings is 1. The molecule has 0 radical (unpaired) electrons. The number of phenolic OH excluding ortho intramolecular Hbond substituents is 1. The third kappa shape index (κ3) is 4.06. The number of hydrogen-bond acceptors (Lipinski definition) is 4. The maximum Gasteiger partial charge on any atom is 0.120 e. The predicted molar refractivity (Wildman–Crippen MR) is 87.9 cm³/mol. The summed E-state index contributed by atoms with van der Waals surface area (Å²) in [6.07, 6.45) is 4.44. The summed E-state index contributed by atoms with van der Waals surface area (Å²) < 4.78 is 5.49. The Morgan fingerprint density at radius 2 is 2.00 bits per heavy atom. The van der Waals surface area contributed by atoms with Crippen LogP contribution in [0.5, 0.6) is 11.5 Å². The molecule has 3 nitrogen and oxygen atoms in total. The average molecular weight is 297 g/mol. The first-order valence-electron chi connectivity index (χ1n) is 7.17. The lowest BCUT2D eigenvalue weighted by atomic mass is 10.0. The van der Waals surface area contributed by atoms with Gasteiger partial charge in [-0.1, -0.05) is 13.8 Å². The fraction of sp³-hybridized carbons (Fsp3) is 0.625. The maximum atomic E-state index is 10.0. The quantitative estimate of drug-likeness (QED) is 0.762. The smallest absolute Gasteiger partial charge is 0.120 e. The minimum absolute atomic E-state index is 0.0923. The first-order valence-corrected chi connectivity index (χ1v) is 8.39. The van der Waals surface area contributed by atoms with E-state index in [0.717, 1.165) is 30.7 Å². The Morgan fingerprint density at radius 3 is 2.50 bits per heavy atom. The Kier molecular flexibility index (Phi) is 6.69. The average Bonchev–Trinajstić information content (AvgIpc) is 2.49. The number of rotatable bonds is 8. The summed E-state index contributed by atoms with van der Waals surface area (Å²) in [6.45, 7) is 7.47. The summed E-state index contributed by atoms with van der Waals surface area (Å²) in [4.78, 5) is 0. The summed E-state index contributed by atoms with van der Waals surface area (Å²) >= 11 is 1.92. The van der Waals surface area contributed by atoms with Crippen LogP contribution >= 0.6 is 11.8 Å². The summed E-state index contributed by atoms with van der Waals surface area (Å²) in [5, 5.41) is 13.5. The summed E-state index contributed by atoms with van der Waals surface area (Å²) in [7, 11) is 1.64. The van der Waals surface area contributed by atoms with Gasteiger partial charge in [0, 0.05) is 22.9 Å². The Bertz CT molecular complexity index is 411. The lowest BCUT2D eigenvalue weighted by Crippen LogP contribution is -2.37. The fourth-order valence-electron chi connectivity index (χ4n) is 2.32. The van der Waals surface area contributed by atoms with Crippen LogP contribution in [0.25, 0.3) is 0 Å². The van der Waals surface area contributed by atoms with Gasteiger partial charge in [0.25, 0.3) is 0 Å². The molecule has 0 bridgehead atoms. The molecule has 0 heterocycles. The van der Waals surface area contributed by atoms with E-state index in [9.17, 15) is 5.11 Å². The van der Waals surface area contributed by atoms with Gasteiger partial charge in [0.05, 0.1) is 7.11 Å². The standard InChI is InChI=1S/C16H27NO2S/c1-6-16(7-2,20-5)11-17-12(3)14-10-13(19-4)8-9-15(14)18/h8-10,12,17-18H,6-7,11H2,1-5H3. The van der Waals surface area contributed by atoms with E-state index in [4.69, 9.17) is 4.74 Å². The zero-order valence-electron chi connectivity index (χ0n) is 13.2. The van der Waals surface area contributed by atoms with E-state index in [1.54, 1.807) is 19.2 Å². The van der Waals surface area contributed by atoms with Crippen LogP contribution < -0.4 is 10.1 Å². The second-order valence-corrected chi connectivity index (χ2v) is 6.40. The van der Waals surface area contributed by atoms with Crippen molar-refractivity contribution in [3.8, 4) is 11.5 Å². The van der Waals surface area contributed by atoms with Crippen LogP contribution in [-0.4, -0.2) is 29.8 Å². The molecule has 20 heavy (non-hydrogen) atoms. The van der Waals surface area contributed by atoms with Gasteiger partial charge in [0.1, 0.15) is 11.5 Å². The highest BCUT2D eigenvalue weighted by atomic mass is 32.2. The molecule has 0 saturated carbocycles. The second-order valence-electron chi connectivity index (χ2n) is 5.12. The van der Waals surface area contributed by atoms with Crippen LogP contribution in [0.2, 0.25) is 0 Å². The van der Waals surface area contributed by atoms with Crippen LogP contribution in [0.4, 0.5) is 0 Å². The largest absolute Gasteiger partial charge is 0.508 e. The molecule has 0 amide bonds. The number of aromatic hydroxyl groups is 1. The highest BCUT2D eigenvalue weighted by molar-refractivity contribution is 8.00. The zero-order chi connectivity index (χ0) is 15.2. The van der Waals surface area contributed by atoms with E-state index in [2.05, 4.69) is 32.3 Å². The van der Waals surface area contributed by atoms with Crippen LogP contribution in [0.15, 0.2) is 18.2 Å². The van der Waals surface area contributed by atoms with Crippen molar-refractivity contribution in [2.45, 2.75) is 44.4 Å². The highest BCUT2D eigenvalue weighted by Crippen LogP contribution is 2.32. The van der Waals surface area contributed by atoms with E-state index < -0.39 is 0 Å². The summed E-state index contributed by atoms with van der Waals surface area (Å²) in [5.74, 6) is 1.09. The van der Waals surface area contributed by atoms with Crippen LogP contribution in [-0.2, 0) is 0 Å². The zero-order valence-corrected chi connectivity index (χ0v) is 14.0. The van der Waals surface area contributed by atoms with Gasteiger partial charge in [-0.15, -0.1) is 0 Å². The van der Waals surface area contributed by atoms with E-state index >= 15 is 0 Å². The molecule has 0 saturated heterocycles. The number of phenols is 1. The lowest BCUT2D eigenvalue weighted by Gasteiger charge is -2.31. The molecule has 1 aromatic rings. The van der Waals surface area contributed by atoms with Crippen LogP contribution in [0, 0.1) is 0 Å². The Balaban J connectivity index is 2.78. The van der Waals surface area contributed by atoms with Gasteiger partial charge >= 0.3 is 0 Å². The topological polar surface area (TPSA) is 41.5 Å². The van der Waals surface area contributed by atoms with Gasteiger partial charge in [0.15, 0.2) is 0 Å². The van der Waals surface area contributed by atoms with Gasteiger partial charge in [-0.3, -0.25) is 0 Å². The van der Waals surface area contributed by atoms with Gasteiger partial charge in [-0.25, -0.2) is 0 Å². The van der Waals surface area contributed by atoms with E-state index in [-0.39, 0.29) is 10.8 Å². The van der Waals surface area contributed by atoms with Crippen molar-refractivity contribution in [1.29, 1.82) is 0 Å². The first-order chi connectivity index (χ1) is 9.51. The first kappa shape index (κ1) is 17.2. The molecule has 1 unspecified atom stereocenters. The molecule has 2 N–H and O–H groups in total. The molecule has 1 atom stereocenters. The third-order valence-electron chi connectivity index (χ3n) is 4.15. The maximum absolute atomic E-state index is 10.0. The van der Waals surface area contributed by atoms with Crippen molar-refractivity contribution in [2.75, 3.05) is 19.9 Å². The van der Waals surface area contributed by atoms with Crippen molar-refractivity contribution in [1.82, 2.24) is 5.32 Å². The normalized spacial score (nSPS) is 13.2. The van der Waals surface area contributed by atoms with Gasteiger partial charge in [-0.05, 0) is 44.2 Å². The molecule has 4 heteroatoms. The molecule has 0 fully saturated rings. The van der Waals surface area contributed by atoms with Crippen molar-refractivity contribution in [3.05, 3.63) is 23.8 Å². The summed E-state index contributed by atoms with van der Waals surface area (Å²) in [5.41, 5.74) is 0.881. The minimum atomic E-state index is 0.0923. The highest BCUT2D eigenvalue weighted by Gasteiger charge is 2.25. The van der Waals surface area contributed by atoms with Crippen molar-refractivity contribution in [3.63, 3.8) is 0 Å². The van der Waals surface area contributed by atoms with Crippen LogP contribution in [0.3, 0.4) is 0 Å². The monoisotopic (exact) mass is 297 g/mol. The predicted octanol–water partition coefficient (Wildman–Crippen LogP) is 3.97. The third-order valence-corrected chi connectivity index (χ3v) is 5.74. The molecular formula is C16H27NO2S. The molecule has 1 aromatic carbocycles. The Labute approximate surface area is 127 Å². The second kappa shape index (κ2) is 7.79. The Morgan fingerprint density at radius 1 is 1.35 bits per heavy atom. The number of hydrogen-bond donors (Lipinski definition) is 2. The minimum Gasteiger partial charge on any atom is -0.508 e.